The van der Waals surface area contributed by atoms with Gasteiger partial charge in [0.05, 0.1) is 11.9 Å². The molecule has 0 aliphatic heterocycles. The number of amides is 2. The van der Waals surface area contributed by atoms with E-state index in [9.17, 15) is 18.0 Å². The molecule has 0 unspecified atom stereocenters. The lowest BCUT2D eigenvalue weighted by Gasteiger charge is -2.34. The van der Waals surface area contributed by atoms with Crippen molar-refractivity contribution in [3.63, 3.8) is 0 Å². The fourth-order valence-electron chi connectivity index (χ4n) is 5.16. The van der Waals surface area contributed by atoms with Gasteiger partial charge in [0.15, 0.2) is 0 Å². The van der Waals surface area contributed by atoms with Crippen molar-refractivity contribution in [3.05, 3.63) is 101 Å². The number of rotatable bonds is 11. The van der Waals surface area contributed by atoms with Crippen LogP contribution in [0, 0.1) is 6.92 Å². The van der Waals surface area contributed by atoms with Crippen molar-refractivity contribution in [2.75, 3.05) is 17.1 Å². The number of anilines is 1. The van der Waals surface area contributed by atoms with E-state index in [1.165, 1.54) is 4.90 Å². The minimum atomic E-state index is -3.86. The van der Waals surface area contributed by atoms with Crippen molar-refractivity contribution in [3.8, 4) is 0 Å². The Morgan fingerprint density at radius 3 is 2.12 bits per heavy atom. The van der Waals surface area contributed by atoms with Crippen LogP contribution in [0.2, 0.25) is 5.02 Å². The summed E-state index contributed by atoms with van der Waals surface area (Å²) in [7, 11) is -3.86. The van der Waals surface area contributed by atoms with Gasteiger partial charge in [-0.3, -0.25) is 13.9 Å². The maximum absolute atomic E-state index is 14.2. The van der Waals surface area contributed by atoms with Crippen LogP contribution in [0.25, 0.3) is 0 Å². The van der Waals surface area contributed by atoms with Crippen LogP contribution in [0.5, 0.6) is 0 Å². The van der Waals surface area contributed by atoms with Crippen LogP contribution in [0.4, 0.5) is 5.69 Å². The molecule has 0 heterocycles. The summed E-state index contributed by atoms with van der Waals surface area (Å²) in [6.07, 6.45) is 5.30. The maximum atomic E-state index is 14.2. The van der Waals surface area contributed by atoms with E-state index in [4.69, 9.17) is 11.6 Å². The molecule has 3 aromatic carbocycles. The third-order valence-electron chi connectivity index (χ3n) is 7.36. The average molecular weight is 582 g/mol. The van der Waals surface area contributed by atoms with Crippen molar-refractivity contribution >= 4 is 39.1 Å². The van der Waals surface area contributed by atoms with Crippen LogP contribution < -0.4 is 9.62 Å². The number of hydrogen-bond donors (Lipinski definition) is 1. The van der Waals surface area contributed by atoms with E-state index in [2.05, 4.69) is 5.32 Å². The van der Waals surface area contributed by atoms with Gasteiger partial charge in [0.2, 0.25) is 21.8 Å². The molecule has 0 bridgehead atoms. The molecule has 2 amide bonds. The minimum absolute atomic E-state index is 0.0704. The summed E-state index contributed by atoms with van der Waals surface area (Å²) in [6, 6.07) is 23.2. The molecule has 1 atom stereocenters. The molecular weight excluding hydrogens is 546 g/mol. The summed E-state index contributed by atoms with van der Waals surface area (Å²) in [5, 5.41) is 3.57. The summed E-state index contributed by atoms with van der Waals surface area (Å²) in [5.74, 6) is -0.707. The minimum Gasteiger partial charge on any atom is -0.352 e. The van der Waals surface area contributed by atoms with Gasteiger partial charge in [-0.05, 0) is 48.6 Å². The molecule has 40 heavy (non-hydrogen) atoms. The molecule has 212 valence electrons. The molecule has 0 saturated heterocycles. The Kier molecular flexibility index (Phi) is 9.87. The summed E-state index contributed by atoms with van der Waals surface area (Å²) in [4.78, 5) is 29.5. The average Bonchev–Trinajstić information content (AvgIpc) is 3.44. The summed E-state index contributed by atoms with van der Waals surface area (Å²) in [5.41, 5.74) is 2.63. The molecular formula is C31H36ClN3O4S. The largest absolute Gasteiger partial charge is 0.352 e. The molecule has 0 spiro atoms. The molecule has 1 fully saturated rings. The van der Waals surface area contributed by atoms with E-state index in [0.717, 1.165) is 47.4 Å². The Labute approximate surface area is 242 Å². The first-order valence-corrected chi connectivity index (χ1v) is 15.8. The third kappa shape index (κ3) is 7.64. The molecule has 1 N–H and O–H groups in total. The van der Waals surface area contributed by atoms with Crippen LogP contribution in [-0.2, 0) is 32.6 Å². The lowest BCUT2D eigenvalue weighted by Crippen LogP contribution is -2.54. The molecule has 9 heteroatoms. The highest BCUT2D eigenvalue weighted by Crippen LogP contribution is 2.29. The van der Waals surface area contributed by atoms with E-state index in [1.807, 2.05) is 60.7 Å². The second-order valence-electron chi connectivity index (χ2n) is 10.4. The lowest BCUT2D eigenvalue weighted by atomic mass is 10.0. The van der Waals surface area contributed by atoms with Crippen molar-refractivity contribution in [2.24, 2.45) is 0 Å². The molecule has 1 saturated carbocycles. The van der Waals surface area contributed by atoms with Gasteiger partial charge in [0.25, 0.3) is 0 Å². The maximum Gasteiger partial charge on any atom is 0.244 e. The van der Waals surface area contributed by atoms with Crippen LogP contribution >= 0.6 is 11.6 Å². The van der Waals surface area contributed by atoms with Crippen molar-refractivity contribution in [1.82, 2.24) is 10.2 Å². The Morgan fingerprint density at radius 1 is 0.925 bits per heavy atom. The third-order valence-corrected chi connectivity index (χ3v) is 8.89. The number of hydrogen-bond acceptors (Lipinski definition) is 4. The van der Waals surface area contributed by atoms with E-state index in [0.29, 0.717) is 22.7 Å². The van der Waals surface area contributed by atoms with E-state index in [1.54, 1.807) is 25.1 Å². The van der Waals surface area contributed by atoms with Gasteiger partial charge in [-0.2, -0.15) is 0 Å². The van der Waals surface area contributed by atoms with Crippen molar-refractivity contribution < 1.29 is 18.0 Å². The molecule has 7 nitrogen and oxygen atoms in total. The lowest BCUT2D eigenvalue weighted by molar-refractivity contribution is -0.140. The Hall–Kier alpha value is -3.36. The molecule has 1 aliphatic carbocycles. The second kappa shape index (κ2) is 13.3. The number of benzene rings is 3. The van der Waals surface area contributed by atoms with Gasteiger partial charge in [-0.15, -0.1) is 0 Å². The zero-order valence-corrected chi connectivity index (χ0v) is 24.5. The highest BCUT2D eigenvalue weighted by Gasteiger charge is 2.34. The van der Waals surface area contributed by atoms with Crippen LogP contribution in [0.3, 0.4) is 0 Å². The van der Waals surface area contributed by atoms with Gasteiger partial charge in [-0.25, -0.2) is 8.42 Å². The smallest absolute Gasteiger partial charge is 0.244 e. The van der Waals surface area contributed by atoms with E-state index in [-0.39, 0.29) is 18.5 Å². The van der Waals surface area contributed by atoms with Crippen LogP contribution in [0.1, 0.15) is 42.4 Å². The number of halogens is 1. The zero-order chi connectivity index (χ0) is 28.7. The van der Waals surface area contributed by atoms with Crippen LogP contribution in [0.15, 0.2) is 78.9 Å². The SMILES string of the molecule is Cc1c(Cl)cccc1N(CC(=O)N(Cc1ccccc1)[C@@H](Cc1ccccc1)C(=O)NC1CCCC1)S(C)(=O)=O. The number of nitrogens with zero attached hydrogens (tertiary/aromatic N) is 2. The predicted molar refractivity (Wildman–Crippen MR) is 160 cm³/mol. The first-order chi connectivity index (χ1) is 19.1. The zero-order valence-electron chi connectivity index (χ0n) is 22.9. The molecule has 0 aromatic heterocycles. The van der Waals surface area contributed by atoms with Crippen LogP contribution in [-0.4, -0.2) is 50.0 Å². The molecule has 1 aliphatic rings. The van der Waals surface area contributed by atoms with Gasteiger partial charge in [-0.1, -0.05) is 91.2 Å². The van der Waals surface area contributed by atoms with Gasteiger partial charge >= 0.3 is 0 Å². The Morgan fingerprint density at radius 2 is 1.52 bits per heavy atom. The highest BCUT2D eigenvalue weighted by molar-refractivity contribution is 7.92. The van der Waals surface area contributed by atoms with Gasteiger partial charge in [0, 0.05) is 24.0 Å². The van der Waals surface area contributed by atoms with Gasteiger partial charge in [0.1, 0.15) is 12.6 Å². The first kappa shape index (κ1) is 29.6. The quantitative estimate of drug-likeness (QED) is 0.341. The monoisotopic (exact) mass is 581 g/mol. The topological polar surface area (TPSA) is 86.8 Å². The highest BCUT2D eigenvalue weighted by atomic mass is 35.5. The van der Waals surface area contributed by atoms with Crippen molar-refractivity contribution in [2.45, 2.75) is 57.7 Å². The van der Waals surface area contributed by atoms with Crippen molar-refractivity contribution in [1.29, 1.82) is 0 Å². The van der Waals surface area contributed by atoms with E-state index >= 15 is 0 Å². The second-order valence-corrected chi connectivity index (χ2v) is 12.7. The predicted octanol–water partition coefficient (Wildman–Crippen LogP) is 5.11. The molecule has 3 aromatic rings. The molecule has 4 rings (SSSR count). The standard InChI is InChI=1S/C31H36ClN3O4S/c1-23-27(32)18-11-19-28(23)35(40(2,38)39)22-30(36)34(21-25-14-7-4-8-15-25)29(20-24-12-5-3-6-13-24)31(37)33-26-16-9-10-17-26/h3-8,11-15,18-19,26,29H,9-10,16-17,20-22H2,1-2H3,(H,33,37)/t29-/m0/s1. The number of sulfonamides is 1. The fraction of sp³-hybridized carbons (Fsp3) is 0.355. The number of carbonyl (C=O) groups is 2. The summed E-state index contributed by atoms with van der Waals surface area (Å²) < 4.78 is 27.0. The Bertz CT molecular complexity index is 1410. The number of carbonyl (C=O) groups excluding carboxylic acids is 2. The summed E-state index contributed by atoms with van der Waals surface area (Å²) >= 11 is 6.31. The first-order valence-electron chi connectivity index (χ1n) is 13.5. The number of nitrogens with one attached hydrogen (secondary N) is 1. The fourth-order valence-corrected chi connectivity index (χ4v) is 6.23. The molecule has 0 radical (unpaired) electrons. The Balaban J connectivity index is 1.73. The van der Waals surface area contributed by atoms with E-state index < -0.39 is 28.5 Å². The van der Waals surface area contributed by atoms with Gasteiger partial charge < -0.3 is 10.2 Å². The summed E-state index contributed by atoms with van der Waals surface area (Å²) in [6.45, 7) is 1.41. The normalized spacial score (nSPS) is 14.5.